The molecule has 4 atom stereocenters. The van der Waals surface area contributed by atoms with Gasteiger partial charge in [-0.2, -0.15) is 0 Å². The number of rotatable bonds is 3. The number of imidazole rings is 1. The van der Waals surface area contributed by atoms with E-state index in [2.05, 4.69) is 15.0 Å². The molecule has 1 aliphatic rings. The lowest BCUT2D eigenvalue weighted by Gasteiger charge is -2.21. The number of nitrogen functional groups attached to an aromatic ring is 1. The van der Waals surface area contributed by atoms with Crippen molar-refractivity contribution in [3.05, 3.63) is 6.33 Å². The minimum atomic E-state index is -1.29. The average molecular weight is 311 g/mol. The maximum absolute atomic E-state index is 10.2. The molecule has 3 heterocycles. The summed E-state index contributed by atoms with van der Waals surface area (Å²) in [5.41, 5.74) is 6.37. The summed E-state index contributed by atoms with van der Waals surface area (Å²) < 4.78 is 6.92. The van der Waals surface area contributed by atoms with Gasteiger partial charge in [-0.3, -0.25) is 9.58 Å². The summed E-state index contributed by atoms with van der Waals surface area (Å²) in [6, 6.07) is 0. The molecule has 0 aliphatic carbocycles. The zero-order chi connectivity index (χ0) is 16.0. The average Bonchev–Trinajstić information content (AvgIpc) is 3.00. The highest BCUT2D eigenvalue weighted by Gasteiger charge is 2.45. The topological polar surface area (TPSA) is 169 Å². The lowest BCUT2D eigenvalue weighted by molar-refractivity contribution is -0.0504. The monoisotopic (exact) mass is 311 g/mol. The van der Waals surface area contributed by atoms with Crippen LogP contribution >= 0.6 is 0 Å². The van der Waals surface area contributed by atoms with E-state index in [1.54, 1.807) is 7.05 Å². The first-order valence-corrected chi connectivity index (χ1v) is 6.55. The fraction of sp³-hybridized carbons (Fsp3) is 0.545. The maximum atomic E-state index is 10.2. The first kappa shape index (κ1) is 14.9. The highest BCUT2D eigenvalue weighted by molar-refractivity contribution is 5.84. The lowest BCUT2D eigenvalue weighted by atomic mass is 10.1. The molecule has 2 aromatic rings. The Balaban J connectivity index is 2.17. The van der Waals surface area contributed by atoms with Gasteiger partial charge in [-0.25, -0.2) is 20.8 Å². The number of ether oxygens (including phenoxy) is 1. The fourth-order valence-corrected chi connectivity index (χ4v) is 2.49. The van der Waals surface area contributed by atoms with Crippen molar-refractivity contribution >= 4 is 22.9 Å². The van der Waals surface area contributed by atoms with E-state index in [0.29, 0.717) is 11.2 Å². The van der Waals surface area contributed by atoms with Crippen LogP contribution in [0.1, 0.15) is 6.23 Å². The Labute approximate surface area is 124 Å². The van der Waals surface area contributed by atoms with Crippen LogP contribution in [0, 0.1) is 0 Å². The normalized spacial score (nSPS) is 28.4. The van der Waals surface area contributed by atoms with Crippen LogP contribution in [0.2, 0.25) is 0 Å². The molecule has 1 fully saturated rings. The highest BCUT2D eigenvalue weighted by Crippen LogP contribution is 2.35. The molecule has 0 saturated carbocycles. The Morgan fingerprint density at radius 2 is 2.09 bits per heavy atom. The molecule has 1 aliphatic heterocycles. The van der Waals surface area contributed by atoms with Gasteiger partial charge in [-0.1, -0.05) is 0 Å². The van der Waals surface area contributed by atoms with Gasteiger partial charge in [0.2, 0.25) is 5.95 Å². The van der Waals surface area contributed by atoms with E-state index in [0.717, 1.165) is 0 Å². The summed E-state index contributed by atoms with van der Waals surface area (Å²) in [7, 11) is 1.54. The number of fused-ring (bicyclic) bond motifs is 1. The van der Waals surface area contributed by atoms with E-state index in [4.69, 9.17) is 16.3 Å². The number of nitrogens with two attached hydrogens (primary N) is 2. The summed E-state index contributed by atoms with van der Waals surface area (Å²) in [6.45, 7) is -0.438. The third-order valence-electron chi connectivity index (χ3n) is 3.57. The van der Waals surface area contributed by atoms with E-state index >= 15 is 0 Å². The van der Waals surface area contributed by atoms with Crippen LogP contribution in [0.4, 0.5) is 11.8 Å². The van der Waals surface area contributed by atoms with Gasteiger partial charge in [0.15, 0.2) is 23.2 Å². The van der Waals surface area contributed by atoms with Crippen molar-refractivity contribution in [1.82, 2.24) is 19.5 Å². The third kappa shape index (κ3) is 2.07. The number of hydrogen-bond donors (Lipinski definition) is 5. The summed E-state index contributed by atoms with van der Waals surface area (Å²) in [4.78, 5) is 12.2. The van der Waals surface area contributed by atoms with Crippen molar-refractivity contribution in [2.75, 3.05) is 24.4 Å². The van der Waals surface area contributed by atoms with Crippen molar-refractivity contribution in [3.63, 3.8) is 0 Å². The smallest absolute Gasteiger partial charge is 0.224 e. The first-order chi connectivity index (χ1) is 10.5. The van der Waals surface area contributed by atoms with Gasteiger partial charge < -0.3 is 25.8 Å². The van der Waals surface area contributed by atoms with Gasteiger partial charge in [0, 0.05) is 7.05 Å². The quantitative estimate of drug-likeness (QED) is 0.297. The second kappa shape index (κ2) is 5.30. The molecule has 0 unspecified atom stereocenters. The molecular weight excluding hydrogens is 294 g/mol. The van der Waals surface area contributed by atoms with Crippen molar-refractivity contribution in [2.45, 2.75) is 24.5 Å². The van der Waals surface area contributed by atoms with E-state index < -0.39 is 31.1 Å². The van der Waals surface area contributed by atoms with Gasteiger partial charge in [-0.15, -0.1) is 0 Å². The van der Waals surface area contributed by atoms with Gasteiger partial charge >= 0.3 is 0 Å². The fourth-order valence-electron chi connectivity index (χ4n) is 2.49. The number of aliphatic hydroxyl groups is 3. The second-order valence-corrected chi connectivity index (χ2v) is 5.05. The van der Waals surface area contributed by atoms with E-state index in [1.807, 2.05) is 0 Å². The number of hydrogen-bond acceptors (Lipinski definition) is 10. The first-order valence-electron chi connectivity index (χ1n) is 6.55. The SMILES string of the molecule is CN(N)c1nc2c(N)ncnc2n1[C@@H]1O[C@@H](CO)[C@@H](O)[C@H]1O. The van der Waals surface area contributed by atoms with Crippen LogP contribution in [0.15, 0.2) is 6.33 Å². The number of nitrogens with zero attached hydrogens (tertiary/aromatic N) is 5. The Morgan fingerprint density at radius 3 is 2.68 bits per heavy atom. The Bertz CT molecular complexity index is 690. The largest absolute Gasteiger partial charge is 0.394 e. The summed E-state index contributed by atoms with van der Waals surface area (Å²) in [5.74, 6) is 6.13. The standard InChI is InChI=1S/C11H17N7O4/c1-17(13)11-16-5-8(12)14-3-15-9(5)18(11)10-7(21)6(20)4(2-19)22-10/h3-4,6-7,10,19-21H,2,13H2,1H3,(H2,12,14,15)/t4-,6+,7+,10+/m0/s1. The van der Waals surface area contributed by atoms with Crippen LogP contribution in [0.5, 0.6) is 0 Å². The molecule has 0 bridgehead atoms. The van der Waals surface area contributed by atoms with Crippen LogP contribution in [0.25, 0.3) is 11.2 Å². The van der Waals surface area contributed by atoms with E-state index in [-0.39, 0.29) is 11.8 Å². The van der Waals surface area contributed by atoms with Gasteiger partial charge in [0.25, 0.3) is 0 Å². The summed E-state index contributed by atoms with van der Waals surface area (Å²) in [5, 5.41) is 30.5. The van der Waals surface area contributed by atoms with E-state index in [1.165, 1.54) is 15.9 Å². The molecule has 11 nitrogen and oxygen atoms in total. The number of aliphatic hydroxyl groups excluding tert-OH is 3. The zero-order valence-electron chi connectivity index (χ0n) is 11.7. The Hall–Kier alpha value is -2.05. The molecule has 0 radical (unpaired) electrons. The predicted molar refractivity (Wildman–Crippen MR) is 75.3 cm³/mol. The van der Waals surface area contributed by atoms with E-state index in [9.17, 15) is 15.3 Å². The molecule has 11 heteroatoms. The molecule has 0 spiro atoms. The number of hydrazine groups is 1. The van der Waals surface area contributed by atoms with Crippen LogP contribution in [0.3, 0.4) is 0 Å². The predicted octanol–water partition coefficient (Wildman–Crippen LogP) is -2.67. The lowest BCUT2D eigenvalue weighted by Crippen LogP contribution is -2.34. The number of anilines is 2. The Morgan fingerprint density at radius 1 is 1.36 bits per heavy atom. The molecular formula is C11H17N7O4. The molecule has 0 aromatic carbocycles. The van der Waals surface area contributed by atoms with Crippen LogP contribution in [-0.2, 0) is 4.74 Å². The van der Waals surface area contributed by atoms with Gasteiger partial charge in [0.1, 0.15) is 24.6 Å². The highest BCUT2D eigenvalue weighted by atomic mass is 16.6. The maximum Gasteiger partial charge on any atom is 0.224 e. The van der Waals surface area contributed by atoms with Gasteiger partial charge in [0.05, 0.1) is 6.61 Å². The minimum absolute atomic E-state index is 0.151. The Kier molecular flexibility index (Phi) is 3.58. The van der Waals surface area contributed by atoms with Crippen molar-refractivity contribution in [1.29, 1.82) is 0 Å². The summed E-state index contributed by atoms with van der Waals surface area (Å²) in [6.07, 6.45) is -3.23. The molecule has 22 heavy (non-hydrogen) atoms. The van der Waals surface area contributed by atoms with Crippen molar-refractivity contribution in [3.8, 4) is 0 Å². The molecule has 3 rings (SSSR count). The molecule has 2 aromatic heterocycles. The van der Waals surface area contributed by atoms with Crippen LogP contribution < -0.4 is 16.6 Å². The summed E-state index contributed by atoms with van der Waals surface area (Å²) >= 11 is 0. The molecule has 7 N–H and O–H groups in total. The number of aromatic nitrogens is 4. The zero-order valence-corrected chi connectivity index (χ0v) is 11.7. The molecule has 1 saturated heterocycles. The van der Waals surface area contributed by atoms with Gasteiger partial charge in [-0.05, 0) is 0 Å². The molecule has 120 valence electrons. The minimum Gasteiger partial charge on any atom is -0.394 e. The van der Waals surface area contributed by atoms with Crippen LogP contribution in [-0.4, -0.2) is 66.8 Å². The van der Waals surface area contributed by atoms with Crippen molar-refractivity contribution in [2.24, 2.45) is 5.84 Å². The second-order valence-electron chi connectivity index (χ2n) is 5.05. The molecule has 0 amide bonds. The van der Waals surface area contributed by atoms with Crippen molar-refractivity contribution < 1.29 is 20.1 Å². The third-order valence-corrected chi connectivity index (χ3v) is 3.57.